The van der Waals surface area contributed by atoms with E-state index >= 15 is 0 Å². The summed E-state index contributed by atoms with van der Waals surface area (Å²) in [6.07, 6.45) is -0.902. The van der Waals surface area contributed by atoms with Gasteiger partial charge >= 0.3 is 0 Å². The van der Waals surface area contributed by atoms with Gasteiger partial charge in [-0.3, -0.25) is 4.79 Å². The highest BCUT2D eigenvalue weighted by atomic mass is 16.3. The quantitative estimate of drug-likeness (QED) is 0.795. The molecule has 2 heteroatoms. The van der Waals surface area contributed by atoms with Crippen molar-refractivity contribution < 1.29 is 9.90 Å². The SMILES string of the molecule is Cc1cc(C)c(C(=O)C(O)C(C)C)cc1C. The maximum Gasteiger partial charge on any atom is 0.191 e. The molecule has 1 aromatic carbocycles. The molecule has 0 amide bonds. The van der Waals surface area contributed by atoms with Gasteiger partial charge in [0.05, 0.1) is 0 Å². The minimum atomic E-state index is -0.902. The number of ketones is 1. The Hall–Kier alpha value is -1.15. The highest BCUT2D eigenvalue weighted by Crippen LogP contribution is 2.18. The summed E-state index contributed by atoms with van der Waals surface area (Å²) in [5, 5.41) is 9.78. The van der Waals surface area contributed by atoms with Crippen LogP contribution in [0.5, 0.6) is 0 Å². The zero-order valence-corrected chi connectivity index (χ0v) is 10.7. The fraction of sp³-hybridized carbons (Fsp3) is 0.500. The van der Waals surface area contributed by atoms with Crippen LogP contribution in [-0.2, 0) is 0 Å². The first-order valence-electron chi connectivity index (χ1n) is 5.64. The lowest BCUT2D eigenvalue weighted by Crippen LogP contribution is -2.26. The summed E-state index contributed by atoms with van der Waals surface area (Å²) in [6, 6.07) is 3.87. The normalized spacial score (nSPS) is 12.9. The van der Waals surface area contributed by atoms with Gasteiger partial charge in [-0.25, -0.2) is 0 Å². The smallest absolute Gasteiger partial charge is 0.191 e. The third kappa shape index (κ3) is 2.50. The van der Waals surface area contributed by atoms with E-state index in [1.54, 1.807) is 0 Å². The summed E-state index contributed by atoms with van der Waals surface area (Å²) in [7, 11) is 0. The van der Waals surface area contributed by atoms with Crippen LogP contribution in [0.25, 0.3) is 0 Å². The van der Waals surface area contributed by atoms with Crippen molar-refractivity contribution in [2.24, 2.45) is 5.92 Å². The lowest BCUT2D eigenvalue weighted by atomic mass is 9.92. The van der Waals surface area contributed by atoms with E-state index in [-0.39, 0.29) is 11.7 Å². The van der Waals surface area contributed by atoms with Gasteiger partial charge in [0.2, 0.25) is 0 Å². The molecular weight excluding hydrogens is 200 g/mol. The molecule has 1 unspecified atom stereocenters. The number of hydrogen-bond donors (Lipinski definition) is 1. The maximum atomic E-state index is 12.0. The molecule has 0 radical (unpaired) electrons. The molecule has 0 aliphatic carbocycles. The largest absolute Gasteiger partial charge is 0.385 e. The standard InChI is InChI=1S/C14H20O2/c1-8(2)13(15)14(16)12-7-10(4)9(3)6-11(12)5/h6-8,13,15H,1-5H3. The predicted octanol–water partition coefficient (Wildman–Crippen LogP) is 2.81. The van der Waals surface area contributed by atoms with Crippen molar-refractivity contribution in [3.8, 4) is 0 Å². The van der Waals surface area contributed by atoms with Gasteiger partial charge in [0.15, 0.2) is 5.78 Å². The van der Waals surface area contributed by atoms with Gasteiger partial charge < -0.3 is 5.11 Å². The van der Waals surface area contributed by atoms with Gasteiger partial charge in [-0.2, -0.15) is 0 Å². The van der Waals surface area contributed by atoms with Crippen LogP contribution in [0.4, 0.5) is 0 Å². The van der Waals surface area contributed by atoms with E-state index < -0.39 is 6.10 Å². The molecule has 0 aliphatic rings. The molecule has 0 heterocycles. The molecule has 1 atom stereocenters. The van der Waals surface area contributed by atoms with Crippen molar-refractivity contribution in [3.63, 3.8) is 0 Å². The summed E-state index contributed by atoms with van der Waals surface area (Å²) in [6.45, 7) is 9.60. The van der Waals surface area contributed by atoms with Crippen LogP contribution in [0.15, 0.2) is 12.1 Å². The Labute approximate surface area is 97.3 Å². The Kier molecular flexibility index (Phi) is 3.87. The molecule has 1 rings (SSSR count). The summed E-state index contributed by atoms with van der Waals surface area (Å²) in [5.74, 6) is -0.218. The summed E-state index contributed by atoms with van der Waals surface area (Å²) < 4.78 is 0. The molecule has 0 bridgehead atoms. The average Bonchev–Trinajstić information content (AvgIpc) is 2.21. The second-order valence-corrected chi connectivity index (χ2v) is 4.80. The molecule has 0 saturated heterocycles. The number of rotatable bonds is 3. The first kappa shape index (κ1) is 12.9. The molecule has 0 aromatic heterocycles. The summed E-state index contributed by atoms with van der Waals surface area (Å²) >= 11 is 0. The Bertz CT molecular complexity index is 405. The summed E-state index contributed by atoms with van der Waals surface area (Å²) in [5.41, 5.74) is 3.84. The van der Waals surface area contributed by atoms with E-state index in [0.29, 0.717) is 5.56 Å². The van der Waals surface area contributed by atoms with E-state index in [2.05, 4.69) is 0 Å². The average molecular weight is 220 g/mol. The zero-order valence-electron chi connectivity index (χ0n) is 10.7. The lowest BCUT2D eigenvalue weighted by Gasteiger charge is -2.15. The monoisotopic (exact) mass is 220 g/mol. The molecule has 2 nitrogen and oxygen atoms in total. The minimum absolute atomic E-state index is 0.0477. The van der Waals surface area contributed by atoms with Crippen molar-refractivity contribution >= 4 is 5.78 Å². The molecule has 0 aliphatic heterocycles. The van der Waals surface area contributed by atoms with Crippen LogP contribution in [0.1, 0.15) is 40.9 Å². The molecule has 0 saturated carbocycles. The van der Waals surface area contributed by atoms with Gasteiger partial charge in [-0.05, 0) is 49.4 Å². The van der Waals surface area contributed by atoms with E-state index in [9.17, 15) is 9.90 Å². The van der Waals surface area contributed by atoms with Crippen LogP contribution >= 0.6 is 0 Å². The number of Topliss-reactive ketones (excluding diaryl/α,β-unsaturated/α-hetero) is 1. The van der Waals surface area contributed by atoms with E-state index in [0.717, 1.165) is 11.1 Å². The Morgan fingerprint density at radius 1 is 1.06 bits per heavy atom. The van der Waals surface area contributed by atoms with Crippen LogP contribution in [0, 0.1) is 26.7 Å². The fourth-order valence-electron chi connectivity index (χ4n) is 1.69. The second kappa shape index (κ2) is 4.79. The highest BCUT2D eigenvalue weighted by molar-refractivity contribution is 6.00. The fourth-order valence-corrected chi connectivity index (χ4v) is 1.69. The van der Waals surface area contributed by atoms with Crippen molar-refractivity contribution in [3.05, 3.63) is 34.4 Å². The zero-order chi connectivity index (χ0) is 12.5. The second-order valence-electron chi connectivity index (χ2n) is 4.80. The Balaban J connectivity index is 3.14. The topological polar surface area (TPSA) is 37.3 Å². The van der Waals surface area contributed by atoms with Crippen LogP contribution in [0.3, 0.4) is 0 Å². The van der Waals surface area contributed by atoms with E-state index in [1.807, 2.05) is 46.8 Å². The number of aryl methyl sites for hydroxylation is 3. The first-order chi connectivity index (χ1) is 7.34. The number of aliphatic hydroxyl groups is 1. The van der Waals surface area contributed by atoms with Gasteiger partial charge in [0.1, 0.15) is 6.10 Å². The number of aliphatic hydroxyl groups excluding tert-OH is 1. The maximum absolute atomic E-state index is 12.0. The number of benzene rings is 1. The minimum Gasteiger partial charge on any atom is -0.385 e. The van der Waals surface area contributed by atoms with Crippen molar-refractivity contribution in [2.45, 2.75) is 40.7 Å². The van der Waals surface area contributed by atoms with E-state index in [1.165, 1.54) is 5.56 Å². The first-order valence-corrected chi connectivity index (χ1v) is 5.64. The Morgan fingerprint density at radius 3 is 2.06 bits per heavy atom. The number of carbonyl (C=O) groups excluding carboxylic acids is 1. The Morgan fingerprint density at radius 2 is 1.56 bits per heavy atom. The van der Waals surface area contributed by atoms with Gasteiger partial charge in [0, 0.05) is 5.56 Å². The lowest BCUT2D eigenvalue weighted by molar-refractivity contribution is 0.0647. The molecule has 0 fully saturated rings. The van der Waals surface area contributed by atoms with Crippen molar-refractivity contribution in [1.82, 2.24) is 0 Å². The van der Waals surface area contributed by atoms with Crippen molar-refractivity contribution in [1.29, 1.82) is 0 Å². The predicted molar refractivity (Wildman–Crippen MR) is 65.8 cm³/mol. The molecule has 1 aromatic rings. The van der Waals surface area contributed by atoms with Gasteiger partial charge in [0.25, 0.3) is 0 Å². The molecule has 16 heavy (non-hydrogen) atoms. The van der Waals surface area contributed by atoms with Crippen LogP contribution in [0.2, 0.25) is 0 Å². The van der Waals surface area contributed by atoms with Crippen molar-refractivity contribution in [2.75, 3.05) is 0 Å². The molecular formula is C14H20O2. The van der Waals surface area contributed by atoms with Gasteiger partial charge in [-0.1, -0.05) is 19.9 Å². The van der Waals surface area contributed by atoms with Gasteiger partial charge in [-0.15, -0.1) is 0 Å². The summed E-state index contributed by atoms with van der Waals surface area (Å²) in [4.78, 5) is 12.0. The molecule has 0 spiro atoms. The van der Waals surface area contributed by atoms with Crippen LogP contribution < -0.4 is 0 Å². The number of hydrogen-bond acceptors (Lipinski definition) is 2. The third-order valence-electron chi connectivity index (χ3n) is 3.01. The molecule has 88 valence electrons. The molecule has 1 N–H and O–H groups in total. The highest BCUT2D eigenvalue weighted by Gasteiger charge is 2.22. The van der Waals surface area contributed by atoms with E-state index in [4.69, 9.17) is 0 Å². The number of carbonyl (C=O) groups is 1. The third-order valence-corrected chi connectivity index (χ3v) is 3.01. The van der Waals surface area contributed by atoms with Crippen LogP contribution in [-0.4, -0.2) is 17.0 Å².